The van der Waals surface area contributed by atoms with Crippen molar-refractivity contribution in [2.45, 2.75) is 44.7 Å². The Hall–Kier alpha value is -4.22. The van der Waals surface area contributed by atoms with E-state index in [2.05, 4.69) is 33.4 Å². The molecule has 0 saturated carbocycles. The van der Waals surface area contributed by atoms with E-state index in [4.69, 9.17) is 10.00 Å². The highest BCUT2D eigenvalue weighted by atomic mass is 16.5. The first kappa shape index (κ1) is 28.3. The molecule has 0 bridgehead atoms. The van der Waals surface area contributed by atoms with Gasteiger partial charge in [-0.2, -0.15) is 5.26 Å². The molecule has 0 spiro atoms. The maximum atomic E-state index is 13.1. The van der Waals surface area contributed by atoms with Crippen LogP contribution in [0.15, 0.2) is 66.9 Å². The van der Waals surface area contributed by atoms with Gasteiger partial charge in [0.15, 0.2) is 0 Å². The van der Waals surface area contributed by atoms with Crippen molar-refractivity contribution in [1.82, 2.24) is 20.1 Å². The fourth-order valence-electron chi connectivity index (χ4n) is 5.71. The summed E-state index contributed by atoms with van der Waals surface area (Å²) in [7, 11) is 1.67. The summed E-state index contributed by atoms with van der Waals surface area (Å²) in [6, 6.07) is 21.5. The summed E-state index contributed by atoms with van der Waals surface area (Å²) in [5, 5.41) is 12.1. The predicted octanol–water partition coefficient (Wildman–Crippen LogP) is 4.45. The van der Waals surface area contributed by atoms with Crippen molar-refractivity contribution in [2.24, 2.45) is 5.92 Å². The molecule has 2 aromatic carbocycles. The van der Waals surface area contributed by atoms with Gasteiger partial charge < -0.3 is 15.0 Å². The van der Waals surface area contributed by atoms with Crippen molar-refractivity contribution in [3.63, 3.8) is 0 Å². The van der Waals surface area contributed by atoms with Crippen molar-refractivity contribution in [1.29, 1.82) is 5.26 Å². The number of nitriles is 1. The highest BCUT2D eigenvalue weighted by Gasteiger charge is 2.25. The minimum atomic E-state index is -0.200. The third kappa shape index (κ3) is 7.50. The Morgan fingerprint density at radius 1 is 0.927 bits per heavy atom. The summed E-state index contributed by atoms with van der Waals surface area (Å²) in [5.74, 6) is 1.19. The van der Waals surface area contributed by atoms with E-state index in [0.29, 0.717) is 22.7 Å². The molecule has 2 saturated heterocycles. The fraction of sp³-hybridized carbons (Fsp3) is 0.394. The van der Waals surface area contributed by atoms with Gasteiger partial charge in [0.2, 0.25) is 0 Å². The molecule has 3 heterocycles. The number of aromatic nitrogens is 1. The molecular weight excluding hydrogens is 514 g/mol. The lowest BCUT2D eigenvalue weighted by atomic mass is 9.90. The van der Waals surface area contributed by atoms with Crippen molar-refractivity contribution in [3.8, 4) is 11.8 Å². The van der Waals surface area contributed by atoms with Crippen LogP contribution in [0, 0.1) is 17.2 Å². The van der Waals surface area contributed by atoms with Crippen LogP contribution in [0.25, 0.3) is 0 Å². The van der Waals surface area contributed by atoms with Gasteiger partial charge in [0, 0.05) is 45.0 Å². The Kier molecular flexibility index (Phi) is 9.27. The van der Waals surface area contributed by atoms with Gasteiger partial charge in [0.25, 0.3) is 11.8 Å². The predicted molar refractivity (Wildman–Crippen MR) is 156 cm³/mol. The number of amides is 2. The molecule has 2 aliphatic heterocycles. The largest absolute Gasteiger partial charge is 0.497 e. The average molecular weight is 552 g/mol. The van der Waals surface area contributed by atoms with E-state index in [-0.39, 0.29) is 17.9 Å². The van der Waals surface area contributed by atoms with Crippen LogP contribution < -0.4 is 10.1 Å². The molecule has 8 nitrogen and oxygen atoms in total. The van der Waals surface area contributed by atoms with Gasteiger partial charge in [-0.15, -0.1) is 0 Å². The van der Waals surface area contributed by atoms with Crippen molar-refractivity contribution >= 4 is 11.8 Å². The van der Waals surface area contributed by atoms with E-state index < -0.39 is 0 Å². The summed E-state index contributed by atoms with van der Waals surface area (Å²) in [5.41, 5.74) is 4.00. The Balaban J connectivity index is 1.05. The monoisotopic (exact) mass is 551 g/mol. The molecule has 5 rings (SSSR count). The van der Waals surface area contributed by atoms with E-state index in [1.165, 1.54) is 17.3 Å². The lowest BCUT2D eigenvalue weighted by Gasteiger charge is -2.32. The normalized spacial score (nSPS) is 16.6. The molecule has 2 aliphatic rings. The molecule has 0 radical (unpaired) electrons. The van der Waals surface area contributed by atoms with Gasteiger partial charge in [-0.3, -0.25) is 19.5 Å². The smallest absolute Gasteiger partial charge is 0.270 e. The standard InChI is InChI=1S/C33H37N5O3/c1-41-30-9-6-24(7-10-30)20-25-12-18-38(19-13-25)33(40)28-8-11-31(35-22-28)32(39)36-29-14-16-37(17-15-29)23-27-4-2-26(21-34)3-5-27/h2-11,22,25,29H,12-20,23H2,1H3,(H,36,39). The molecule has 41 heavy (non-hydrogen) atoms. The Morgan fingerprint density at radius 2 is 1.61 bits per heavy atom. The van der Waals surface area contributed by atoms with Crippen LogP contribution in [0.3, 0.4) is 0 Å². The molecule has 8 heteroatoms. The number of ether oxygens (including phenoxy) is 1. The van der Waals surface area contributed by atoms with Gasteiger partial charge in [0.05, 0.1) is 24.3 Å². The topological polar surface area (TPSA) is 98.6 Å². The van der Waals surface area contributed by atoms with Crippen LogP contribution in [0.2, 0.25) is 0 Å². The van der Waals surface area contributed by atoms with Crippen molar-refractivity contribution in [2.75, 3.05) is 33.3 Å². The number of hydrogen-bond donors (Lipinski definition) is 1. The van der Waals surface area contributed by atoms with Gasteiger partial charge >= 0.3 is 0 Å². The molecule has 0 aliphatic carbocycles. The van der Waals surface area contributed by atoms with Crippen LogP contribution in [0.5, 0.6) is 5.75 Å². The first-order valence-corrected chi connectivity index (χ1v) is 14.4. The minimum Gasteiger partial charge on any atom is -0.497 e. The number of benzene rings is 2. The zero-order chi connectivity index (χ0) is 28.6. The quantitative estimate of drug-likeness (QED) is 0.444. The Morgan fingerprint density at radius 3 is 2.22 bits per heavy atom. The third-order valence-corrected chi connectivity index (χ3v) is 8.24. The molecule has 0 unspecified atom stereocenters. The fourth-order valence-corrected chi connectivity index (χ4v) is 5.71. The van der Waals surface area contributed by atoms with Crippen LogP contribution in [0.1, 0.15) is 63.2 Å². The molecule has 1 aromatic heterocycles. The number of carbonyl (C=O) groups excluding carboxylic acids is 2. The average Bonchev–Trinajstić information content (AvgIpc) is 3.03. The molecule has 3 aromatic rings. The van der Waals surface area contributed by atoms with Crippen LogP contribution in [-0.2, 0) is 13.0 Å². The second kappa shape index (κ2) is 13.4. The van der Waals surface area contributed by atoms with Crippen LogP contribution >= 0.6 is 0 Å². The second-order valence-corrected chi connectivity index (χ2v) is 11.1. The van der Waals surface area contributed by atoms with Crippen molar-refractivity contribution < 1.29 is 14.3 Å². The molecule has 0 atom stereocenters. The Bertz CT molecular complexity index is 1350. The van der Waals surface area contributed by atoms with E-state index in [0.717, 1.165) is 70.6 Å². The molecule has 2 fully saturated rings. The number of hydrogen-bond acceptors (Lipinski definition) is 6. The third-order valence-electron chi connectivity index (χ3n) is 8.24. The first-order valence-electron chi connectivity index (χ1n) is 14.4. The Labute approximate surface area is 241 Å². The SMILES string of the molecule is COc1ccc(CC2CCN(C(=O)c3ccc(C(=O)NC4CCN(Cc5ccc(C#N)cc5)CC4)nc3)CC2)cc1. The zero-order valence-corrected chi connectivity index (χ0v) is 23.6. The lowest BCUT2D eigenvalue weighted by Crippen LogP contribution is -2.44. The molecular formula is C33H37N5O3. The van der Waals surface area contributed by atoms with E-state index >= 15 is 0 Å². The highest BCUT2D eigenvalue weighted by Crippen LogP contribution is 2.24. The van der Waals surface area contributed by atoms with Crippen molar-refractivity contribution in [3.05, 3.63) is 94.8 Å². The number of nitrogens with one attached hydrogen (secondary N) is 1. The van der Waals surface area contributed by atoms with E-state index in [1.807, 2.05) is 41.3 Å². The zero-order valence-electron chi connectivity index (χ0n) is 23.6. The number of piperidine rings is 2. The summed E-state index contributed by atoms with van der Waals surface area (Å²) in [6.07, 6.45) is 6.21. The maximum absolute atomic E-state index is 13.1. The summed E-state index contributed by atoms with van der Waals surface area (Å²) < 4.78 is 5.24. The van der Waals surface area contributed by atoms with Gasteiger partial charge in [0.1, 0.15) is 11.4 Å². The lowest BCUT2D eigenvalue weighted by molar-refractivity contribution is 0.0689. The summed E-state index contributed by atoms with van der Waals surface area (Å²) in [6.45, 7) is 4.08. The molecule has 212 valence electrons. The van der Waals surface area contributed by atoms with E-state index in [9.17, 15) is 9.59 Å². The maximum Gasteiger partial charge on any atom is 0.270 e. The second-order valence-electron chi connectivity index (χ2n) is 11.1. The highest BCUT2D eigenvalue weighted by molar-refractivity contribution is 5.96. The number of likely N-dealkylation sites (tertiary alicyclic amines) is 2. The number of rotatable bonds is 8. The van der Waals surface area contributed by atoms with Crippen LogP contribution in [0.4, 0.5) is 0 Å². The summed E-state index contributed by atoms with van der Waals surface area (Å²) in [4.78, 5) is 34.5. The minimum absolute atomic E-state index is 0.0259. The molecule has 2 amide bonds. The van der Waals surface area contributed by atoms with Gasteiger partial charge in [-0.25, -0.2) is 0 Å². The van der Waals surface area contributed by atoms with Gasteiger partial charge in [-0.05, 0) is 85.5 Å². The number of methoxy groups -OCH3 is 1. The molecule has 1 N–H and O–H groups in total. The van der Waals surface area contributed by atoms with E-state index in [1.54, 1.807) is 19.2 Å². The van der Waals surface area contributed by atoms with Gasteiger partial charge in [-0.1, -0.05) is 24.3 Å². The number of carbonyl (C=O) groups is 2. The summed E-state index contributed by atoms with van der Waals surface area (Å²) >= 11 is 0. The first-order chi connectivity index (χ1) is 20.0. The number of nitrogens with zero attached hydrogens (tertiary/aromatic N) is 4. The number of pyridine rings is 1. The van der Waals surface area contributed by atoms with Crippen LogP contribution in [-0.4, -0.2) is 65.9 Å².